The van der Waals surface area contributed by atoms with Crippen molar-refractivity contribution < 1.29 is 22.8 Å². The molecular weight excluding hydrogens is 554 g/mol. The molecule has 7 rings (SSSR count). The van der Waals surface area contributed by atoms with Crippen molar-refractivity contribution in [3.8, 4) is 0 Å². The smallest absolute Gasteiger partial charge is 0.257 e. The number of aromatic nitrogens is 4. The van der Waals surface area contributed by atoms with Gasteiger partial charge in [-0.2, -0.15) is 5.10 Å². The molecule has 2 aromatic heterocycles. The molecule has 2 saturated heterocycles. The molecule has 43 heavy (non-hydrogen) atoms. The first kappa shape index (κ1) is 29.4. The Morgan fingerprint density at radius 3 is 2.40 bits per heavy atom. The van der Waals surface area contributed by atoms with Crippen LogP contribution in [0.25, 0.3) is 0 Å². The van der Waals surface area contributed by atoms with Crippen molar-refractivity contribution in [2.45, 2.75) is 77.2 Å². The van der Waals surface area contributed by atoms with Gasteiger partial charge < -0.3 is 14.2 Å². The van der Waals surface area contributed by atoms with Gasteiger partial charge in [-0.1, -0.05) is 44.2 Å². The van der Waals surface area contributed by atoms with Gasteiger partial charge in [0.05, 0.1) is 24.2 Å². The fourth-order valence-corrected chi connectivity index (χ4v) is 6.43. The third-order valence-electron chi connectivity index (χ3n) is 9.52. The number of likely N-dealkylation sites (tertiary alicyclic amines) is 2. The molecule has 0 N–H and O–H groups in total. The Hall–Kier alpha value is -3.63. The van der Waals surface area contributed by atoms with Gasteiger partial charge >= 0.3 is 0 Å². The Morgan fingerprint density at radius 2 is 1.74 bits per heavy atom. The topological polar surface area (TPSA) is 97.4 Å². The first-order valence-electron chi connectivity index (χ1n) is 15.3. The molecule has 2 amide bonds. The maximum atomic E-state index is 13.5. The van der Waals surface area contributed by atoms with E-state index in [0.717, 1.165) is 17.4 Å². The van der Waals surface area contributed by atoms with Gasteiger partial charge in [0, 0.05) is 57.1 Å². The fourth-order valence-electron chi connectivity index (χ4n) is 6.43. The van der Waals surface area contributed by atoms with Crippen LogP contribution in [-0.2, 0) is 17.8 Å². The average molecular weight is 595 g/mol. The molecular formula is C32H40F2N6O3. The van der Waals surface area contributed by atoms with Gasteiger partial charge in [-0.15, -0.1) is 10.2 Å². The second kappa shape index (κ2) is 11.5. The third-order valence-corrected chi connectivity index (χ3v) is 9.52. The van der Waals surface area contributed by atoms with Crippen LogP contribution < -0.4 is 0 Å². The molecule has 2 aliphatic carbocycles. The number of nitrogens with zero attached hydrogens (tertiary/aromatic N) is 6. The van der Waals surface area contributed by atoms with Crippen molar-refractivity contribution in [2.24, 2.45) is 16.7 Å². The molecule has 4 fully saturated rings. The molecule has 0 bridgehead atoms. The van der Waals surface area contributed by atoms with Crippen molar-refractivity contribution in [1.29, 1.82) is 0 Å². The number of alkyl halides is 2. The van der Waals surface area contributed by atoms with Gasteiger partial charge in [-0.25, -0.2) is 8.78 Å². The average Bonchev–Trinajstić information content (AvgIpc) is 3.38. The number of rotatable bonds is 7. The monoisotopic (exact) mass is 594 g/mol. The van der Waals surface area contributed by atoms with E-state index >= 15 is 0 Å². The van der Waals surface area contributed by atoms with Gasteiger partial charge in [0.2, 0.25) is 24.1 Å². The second-order valence-electron chi connectivity index (χ2n) is 13.7. The number of amides is 2. The summed E-state index contributed by atoms with van der Waals surface area (Å²) in [5.41, 5.74) is 1.99. The lowest BCUT2D eigenvalue weighted by Crippen LogP contribution is -2.59. The van der Waals surface area contributed by atoms with E-state index in [0.29, 0.717) is 69.3 Å². The Bertz CT molecular complexity index is 1420. The van der Waals surface area contributed by atoms with Crippen molar-refractivity contribution in [3.63, 3.8) is 0 Å². The SMILES string of the molecule is CC1(C)CC1.O=CN1CC2(C1)CN(C(=O)c1cnn(Cc3ccccc3)c1)CC2c1nnc(CC2CCC(F)(F)CC2)o1. The lowest BCUT2D eigenvalue weighted by molar-refractivity contribution is -0.129. The van der Waals surface area contributed by atoms with Crippen LogP contribution >= 0.6 is 0 Å². The molecule has 11 heteroatoms. The van der Waals surface area contributed by atoms with Gasteiger partial charge in [0.25, 0.3) is 5.91 Å². The summed E-state index contributed by atoms with van der Waals surface area (Å²) in [5, 5.41) is 12.9. The van der Waals surface area contributed by atoms with Crippen LogP contribution in [0.1, 0.15) is 86.0 Å². The van der Waals surface area contributed by atoms with Crippen LogP contribution in [0.5, 0.6) is 0 Å². The Balaban J connectivity index is 0.000000599. The van der Waals surface area contributed by atoms with Crippen LogP contribution in [0.4, 0.5) is 8.78 Å². The van der Waals surface area contributed by atoms with Crippen molar-refractivity contribution in [1.82, 2.24) is 29.8 Å². The lowest BCUT2D eigenvalue weighted by atomic mass is 9.72. The van der Waals surface area contributed by atoms with Crippen LogP contribution in [0, 0.1) is 16.7 Å². The molecule has 3 aromatic rings. The second-order valence-corrected chi connectivity index (χ2v) is 13.7. The van der Waals surface area contributed by atoms with E-state index in [1.54, 1.807) is 26.9 Å². The molecule has 4 aliphatic rings. The molecule has 4 heterocycles. The molecule has 1 atom stereocenters. The van der Waals surface area contributed by atoms with Gasteiger partial charge in [-0.05, 0) is 42.6 Å². The zero-order chi connectivity index (χ0) is 30.2. The minimum absolute atomic E-state index is 0.0974. The molecule has 230 valence electrons. The molecule has 0 radical (unpaired) electrons. The highest BCUT2D eigenvalue weighted by molar-refractivity contribution is 5.94. The number of halogens is 2. The summed E-state index contributed by atoms with van der Waals surface area (Å²) in [5.74, 6) is -1.92. The standard InChI is InChI=1S/C27H30F2N6O3.C5H10/c28-27(29)8-6-19(7-9-27)10-23-31-32-24(38-23)22-14-34(17-26(22)15-33(16-26)18-36)25(37)21-11-30-35(13-21)12-20-4-2-1-3-5-20;1-5(2)3-4-5/h1-5,11,13,18-19,22H,6-10,12,14-17H2;3-4H2,1-2H3. The van der Waals surface area contributed by atoms with E-state index in [-0.39, 0.29) is 36.0 Å². The Morgan fingerprint density at radius 1 is 1.05 bits per heavy atom. The Labute approximate surface area is 250 Å². The van der Waals surface area contributed by atoms with Gasteiger partial charge in [0.15, 0.2) is 0 Å². The summed E-state index contributed by atoms with van der Waals surface area (Å²) in [4.78, 5) is 28.3. The normalized spacial score (nSPS) is 23.4. The van der Waals surface area contributed by atoms with E-state index in [4.69, 9.17) is 4.42 Å². The van der Waals surface area contributed by atoms with Crippen LogP contribution in [0.2, 0.25) is 0 Å². The van der Waals surface area contributed by atoms with E-state index in [9.17, 15) is 18.4 Å². The van der Waals surface area contributed by atoms with E-state index in [1.165, 1.54) is 12.8 Å². The summed E-state index contributed by atoms with van der Waals surface area (Å²) in [6.07, 6.45) is 8.20. The summed E-state index contributed by atoms with van der Waals surface area (Å²) in [6, 6.07) is 9.90. The predicted octanol–water partition coefficient (Wildman–Crippen LogP) is 5.19. The summed E-state index contributed by atoms with van der Waals surface area (Å²) in [7, 11) is 0. The number of hydrogen-bond acceptors (Lipinski definition) is 6. The number of carbonyl (C=O) groups excluding carboxylic acids is 2. The first-order valence-corrected chi connectivity index (χ1v) is 15.3. The van der Waals surface area contributed by atoms with Crippen molar-refractivity contribution >= 4 is 12.3 Å². The van der Waals surface area contributed by atoms with Crippen LogP contribution in [0.15, 0.2) is 47.1 Å². The fraction of sp³-hybridized carbons (Fsp3) is 0.594. The maximum Gasteiger partial charge on any atom is 0.257 e. The van der Waals surface area contributed by atoms with Crippen LogP contribution in [-0.4, -0.2) is 74.2 Å². The lowest BCUT2D eigenvalue weighted by Gasteiger charge is -2.48. The summed E-state index contributed by atoms with van der Waals surface area (Å²) < 4.78 is 34.8. The van der Waals surface area contributed by atoms with E-state index in [2.05, 4.69) is 29.1 Å². The largest absolute Gasteiger partial charge is 0.425 e. The number of carbonyl (C=O) groups is 2. The van der Waals surface area contributed by atoms with E-state index < -0.39 is 5.92 Å². The third kappa shape index (κ3) is 6.80. The zero-order valence-electron chi connectivity index (χ0n) is 24.9. The maximum absolute atomic E-state index is 13.5. The van der Waals surface area contributed by atoms with E-state index in [1.807, 2.05) is 30.3 Å². The van der Waals surface area contributed by atoms with Crippen molar-refractivity contribution in [3.05, 3.63) is 65.6 Å². The molecule has 1 unspecified atom stereocenters. The molecule has 1 spiro atoms. The molecule has 2 aliphatic heterocycles. The van der Waals surface area contributed by atoms with Gasteiger partial charge in [0.1, 0.15) is 0 Å². The molecule has 2 saturated carbocycles. The highest BCUT2D eigenvalue weighted by Gasteiger charge is 2.57. The first-order chi connectivity index (χ1) is 20.5. The number of benzene rings is 1. The molecule has 1 aromatic carbocycles. The van der Waals surface area contributed by atoms with Gasteiger partial charge in [-0.3, -0.25) is 14.3 Å². The predicted molar refractivity (Wildman–Crippen MR) is 154 cm³/mol. The highest BCUT2D eigenvalue weighted by atomic mass is 19.3. The highest BCUT2D eigenvalue weighted by Crippen LogP contribution is 2.49. The quantitative estimate of drug-likeness (QED) is 0.350. The number of hydrogen-bond donors (Lipinski definition) is 0. The summed E-state index contributed by atoms with van der Waals surface area (Å²) >= 11 is 0. The van der Waals surface area contributed by atoms with Crippen molar-refractivity contribution in [2.75, 3.05) is 26.2 Å². The zero-order valence-corrected chi connectivity index (χ0v) is 24.9. The summed E-state index contributed by atoms with van der Waals surface area (Å²) in [6.45, 7) is 7.05. The Kier molecular flexibility index (Phi) is 7.85. The minimum atomic E-state index is -2.57. The molecule has 9 nitrogen and oxygen atoms in total. The van der Waals surface area contributed by atoms with Crippen LogP contribution in [0.3, 0.4) is 0 Å². The minimum Gasteiger partial charge on any atom is -0.425 e.